The number of amides is 2. The van der Waals surface area contributed by atoms with Crippen LogP contribution in [0.2, 0.25) is 0 Å². The summed E-state index contributed by atoms with van der Waals surface area (Å²) in [6.45, 7) is 1.86. The molecule has 0 spiro atoms. The molecule has 0 aliphatic rings. The number of carboxylic acid groups (broad SMARTS) is 1. The van der Waals surface area contributed by atoms with Crippen LogP contribution in [-0.2, 0) is 9.59 Å². The second-order valence-electron chi connectivity index (χ2n) is 4.02. The monoisotopic (exact) mass is 328 g/mol. The summed E-state index contributed by atoms with van der Waals surface area (Å²) in [5, 5.41) is 11.2. The first kappa shape index (κ1) is 15.2. The summed E-state index contributed by atoms with van der Waals surface area (Å²) >= 11 is 3.23. The SMILES string of the molecule is Cc1ccc(C(=O)N[C@H](CC(N)=O)C(=O)O)c(Br)c1. The summed E-state index contributed by atoms with van der Waals surface area (Å²) in [6.07, 6.45) is -0.454. The Morgan fingerprint density at radius 3 is 2.53 bits per heavy atom. The van der Waals surface area contributed by atoms with E-state index < -0.39 is 30.2 Å². The molecule has 0 saturated carbocycles. The molecule has 4 N–H and O–H groups in total. The molecule has 0 radical (unpaired) electrons. The molecule has 1 aromatic carbocycles. The van der Waals surface area contributed by atoms with Gasteiger partial charge in [-0.1, -0.05) is 6.07 Å². The molecule has 0 saturated heterocycles. The van der Waals surface area contributed by atoms with E-state index in [1.54, 1.807) is 18.2 Å². The lowest BCUT2D eigenvalue weighted by molar-refractivity contribution is -0.140. The van der Waals surface area contributed by atoms with Crippen molar-refractivity contribution >= 4 is 33.7 Å². The van der Waals surface area contributed by atoms with Gasteiger partial charge < -0.3 is 16.2 Å². The van der Waals surface area contributed by atoms with Gasteiger partial charge in [0.15, 0.2) is 0 Å². The van der Waals surface area contributed by atoms with Crippen molar-refractivity contribution in [2.45, 2.75) is 19.4 Å². The molecule has 2 amide bonds. The Labute approximate surface area is 118 Å². The second-order valence-corrected chi connectivity index (χ2v) is 4.87. The number of hydrogen-bond donors (Lipinski definition) is 3. The molecule has 0 fully saturated rings. The number of nitrogens with two attached hydrogens (primary N) is 1. The molecule has 102 valence electrons. The Morgan fingerprint density at radius 1 is 1.42 bits per heavy atom. The van der Waals surface area contributed by atoms with Crippen LogP contribution in [0.25, 0.3) is 0 Å². The summed E-state index contributed by atoms with van der Waals surface area (Å²) in [4.78, 5) is 33.6. The molecule has 19 heavy (non-hydrogen) atoms. The normalized spacial score (nSPS) is 11.7. The molecule has 7 heteroatoms. The van der Waals surface area contributed by atoms with E-state index in [0.717, 1.165) is 5.56 Å². The van der Waals surface area contributed by atoms with Crippen molar-refractivity contribution in [3.05, 3.63) is 33.8 Å². The molecule has 6 nitrogen and oxygen atoms in total. The molecule has 0 aromatic heterocycles. The average molecular weight is 329 g/mol. The standard InChI is InChI=1S/C12H13BrN2O4/c1-6-2-3-7(8(13)4-6)11(17)15-9(12(18)19)5-10(14)16/h2-4,9H,5H2,1H3,(H2,14,16)(H,15,17)(H,18,19)/t9-/m1/s1. The van der Waals surface area contributed by atoms with E-state index >= 15 is 0 Å². The number of carboxylic acids is 1. The number of carbonyl (C=O) groups is 3. The van der Waals surface area contributed by atoms with Crippen molar-refractivity contribution in [3.63, 3.8) is 0 Å². The summed E-state index contributed by atoms with van der Waals surface area (Å²) in [6, 6.07) is 3.69. The van der Waals surface area contributed by atoms with Crippen molar-refractivity contribution in [2.75, 3.05) is 0 Å². The topological polar surface area (TPSA) is 109 Å². The maximum absolute atomic E-state index is 11.9. The Hall–Kier alpha value is -1.89. The number of aliphatic carboxylic acids is 1. The van der Waals surface area contributed by atoms with E-state index in [4.69, 9.17) is 10.8 Å². The van der Waals surface area contributed by atoms with Gasteiger partial charge in [-0.15, -0.1) is 0 Å². The van der Waals surface area contributed by atoms with Gasteiger partial charge in [0.25, 0.3) is 5.91 Å². The van der Waals surface area contributed by atoms with E-state index in [9.17, 15) is 14.4 Å². The van der Waals surface area contributed by atoms with E-state index in [1.807, 2.05) is 6.92 Å². The zero-order valence-electron chi connectivity index (χ0n) is 10.1. The van der Waals surface area contributed by atoms with E-state index in [2.05, 4.69) is 21.2 Å². The van der Waals surface area contributed by atoms with Crippen LogP contribution in [0.4, 0.5) is 0 Å². The molecular weight excluding hydrogens is 316 g/mol. The summed E-state index contributed by atoms with van der Waals surface area (Å²) in [7, 11) is 0. The first-order valence-electron chi connectivity index (χ1n) is 5.39. The van der Waals surface area contributed by atoms with Gasteiger partial charge in [-0.25, -0.2) is 4.79 Å². The first-order valence-corrected chi connectivity index (χ1v) is 6.18. The quantitative estimate of drug-likeness (QED) is 0.743. The van der Waals surface area contributed by atoms with Crippen molar-refractivity contribution in [1.29, 1.82) is 0 Å². The minimum absolute atomic E-state index is 0.293. The molecule has 0 bridgehead atoms. The van der Waals surface area contributed by atoms with Crippen LogP contribution >= 0.6 is 15.9 Å². The maximum Gasteiger partial charge on any atom is 0.326 e. The number of aryl methyl sites for hydroxylation is 1. The molecule has 0 unspecified atom stereocenters. The predicted octanol–water partition coefficient (Wildman–Crippen LogP) is 0.816. The third-order valence-corrected chi connectivity index (χ3v) is 3.03. The van der Waals surface area contributed by atoms with Crippen molar-refractivity contribution in [2.24, 2.45) is 5.73 Å². The van der Waals surface area contributed by atoms with Crippen LogP contribution in [0.1, 0.15) is 22.3 Å². The largest absolute Gasteiger partial charge is 0.480 e. The number of hydrogen-bond acceptors (Lipinski definition) is 3. The Morgan fingerprint density at radius 2 is 2.05 bits per heavy atom. The van der Waals surface area contributed by atoms with Gasteiger partial charge in [0.05, 0.1) is 12.0 Å². The fraction of sp³-hybridized carbons (Fsp3) is 0.250. The highest BCUT2D eigenvalue weighted by Gasteiger charge is 2.23. The Kier molecular flexibility index (Phi) is 5.05. The van der Waals surface area contributed by atoms with Gasteiger partial charge in [-0.05, 0) is 40.5 Å². The molecular formula is C12H13BrN2O4. The fourth-order valence-electron chi connectivity index (χ4n) is 1.44. The Bertz CT molecular complexity index is 530. The van der Waals surface area contributed by atoms with Crippen LogP contribution < -0.4 is 11.1 Å². The van der Waals surface area contributed by atoms with Gasteiger partial charge in [0.2, 0.25) is 5.91 Å². The average Bonchev–Trinajstić information content (AvgIpc) is 2.26. The third-order valence-electron chi connectivity index (χ3n) is 2.38. The third kappa shape index (κ3) is 4.36. The van der Waals surface area contributed by atoms with Crippen LogP contribution in [0.15, 0.2) is 22.7 Å². The highest BCUT2D eigenvalue weighted by atomic mass is 79.9. The summed E-state index contributed by atoms with van der Waals surface area (Å²) in [5.74, 6) is -2.69. The number of rotatable bonds is 5. The number of carbonyl (C=O) groups excluding carboxylic acids is 2. The molecule has 0 aliphatic heterocycles. The lowest BCUT2D eigenvalue weighted by atomic mass is 10.1. The highest BCUT2D eigenvalue weighted by Crippen LogP contribution is 2.18. The van der Waals surface area contributed by atoms with Crippen LogP contribution in [0.3, 0.4) is 0 Å². The van der Waals surface area contributed by atoms with Crippen molar-refractivity contribution < 1.29 is 19.5 Å². The summed E-state index contributed by atoms with van der Waals surface area (Å²) in [5.41, 5.74) is 6.18. The zero-order chi connectivity index (χ0) is 14.6. The molecule has 0 heterocycles. The number of benzene rings is 1. The van der Waals surface area contributed by atoms with Crippen LogP contribution in [-0.4, -0.2) is 28.9 Å². The van der Waals surface area contributed by atoms with Gasteiger partial charge in [0.1, 0.15) is 6.04 Å². The molecule has 0 aliphatic carbocycles. The number of halogens is 1. The van der Waals surface area contributed by atoms with Crippen LogP contribution in [0, 0.1) is 6.92 Å². The van der Waals surface area contributed by atoms with Gasteiger partial charge >= 0.3 is 5.97 Å². The van der Waals surface area contributed by atoms with E-state index in [-0.39, 0.29) is 0 Å². The maximum atomic E-state index is 11.9. The van der Waals surface area contributed by atoms with Gasteiger partial charge in [0, 0.05) is 4.47 Å². The highest BCUT2D eigenvalue weighted by molar-refractivity contribution is 9.10. The summed E-state index contributed by atoms with van der Waals surface area (Å²) < 4.78 is 0.549. The number of nitrogens with one attached hydrogen (secondary N) is 1. The lowest BCUT2D eigenvalue weighted by Gasteiger charge is -2.13. The minimum Gasteiger partial charge on any atom is -0.480 e. The smallest absolute Gasteiger partial charge is 0.326 e. The molecule has 1 rings (SSSR count). The van der Waals surface area contributed by atoms with Gasteiger partial charge in [-0.2, -0.15) is 0 Å². The first-order chi connectivity index (χ1) is 8.81. The van der Waals surface area contributed by atoms with E-state index in [0.29, 0.717) is 10.0 Å². The fourth-order valence-corrected chi connectivity index (χ4v) is 2.11. The number of primary amides is 1. The lowest BCUT2D eigenvalue weighted by Crippen LogP contribution is -2.43. The predicted molar refractivity (Wildman–Crippen MR) is 71.6 cm³/mol. The van der Waals surface area contributed by atoms with Crippen molar-refractivity contribution in [1.82, 2.24) is 5.32 Å². The minimum atomic E-state index is -1.33. The molecule has 1 atom stereocenters. The zero-order valence-corrected chi connectivity index (χ0v) is 11.7. The van der Waals surface area contributed by atoms with Gasteiger partial charge in [-0.3, -0.25) is 9.59 Å². The second kappa shape index (κ2) is 6.33. The van der Waals surface area contributed by atoms with E-state index in [1.165, 1.54) is 0 Å². The van der Waals surface area contributed by atoms with Crippen LogP contribution in [0.5, 0.6) is 0 Å². The Balaban J connectivity index is 2.87. The van der Waals surface area contributed by atoms with Crippen molar-refractivity contribution in [3.8, 4) is 0 Å². The molecule has 1 aromatic rings.